The molecule has 0 saturated carbocycles. The first-order valence-corrected chi connectivity index (χ1v) is 5.20. The predicted molar refractivity (Wildman–Crippen MR) is 54.2 cm³/mol. The van der Waals surface area contributed by atoms with Crippen molar-refractivity contribution in [2.45, 2.75) is 25.5 Å². The van der Waals surface area contributed by atoms with Crippen LogP contribution in [-0.4, -0.2) is 26.4 Å². The third-order valence-electron chi connectivity index (χ3n) is 2.69. The van der Waals surface area contributed by atoms with Gasteiger partial charge in [-0.15, -0.1) is 0 Å². The van der Waals surface area contributed by atoms with Crippen LogP contribution in [0.3, 0.4) is 0 Å². The van der Waals surface area contributed by atoms with Crippen molar-refractivity contribution in [3.63, 3.8) is 0 Å². The largest absolute Gasteiger partial charge is 0.356 e. The maximum Gasteiger partial charge on any atom is 0.163 e. The van der Waals surface area contributed by atoms with Crippen LogP contribution in [0, 0.1) is 0 Å². The highest BCUT2D eigenvalue weighted by Crippen LogP contribution is 2.24. The fourth-order valence-corrected chi connectivity index (χ4v) is 1.92. The van der Waals surface area contributed by atoms with Gasteiger partial charge in [-0.25, -0.2) is 14.6 Å². The van der Waals surface area contributed by atoms with Crippen LogP contribution in [0.4, 0.5) is 0 Å². The standard InChI is InChI=1S/C10H12N4O/c1-2-4-15-9(3-1)14-10-8(6-13-14)5-11-7-12-10/h5-7,9H,1-4H2. The average Bonchev–Trinajstić information content (AvgIpc) is 2.74. The molecule has 0 aromatic carbocycles. The molecule has 2 aromatic rings. The first-order chi connectivity index (χ1) is 7.45. The second-order valence-electron chi connectivity index (χ2n) is 3.71. The SMILES string of the molecule is c1ncc2cnn(C3CCCCO3)c2n1. The first-order valence-electron chi connectivity index (χ1n) is 5.20. The number of fused-ring (bicyclic) bond motifs is 1. The molecule has 0 amide bonds. The Morgan fingerprint density at radius 2 is 2.33 bits per heavy atom. The summed E-state index contributed by atoms with van der Waals surface area (Å²) in [5, 5.41) is 5.27. The molecule has 1 atom stereocenters. The third kappa shape index (κ3) is 1.48. The van der Waals surface area contributed by atoms with Gasteiger partial charge in [0, 0.05) is 12.8 Å². The lowest BCUT2D eigenvalue weighted by Gasteiger charge is -2.22. The summed E-state index contributed by atoms with van der Waals surface area (Å²) in [6.45, 7) is 0.817. The van der Waals surface area contributed by atoms with Gasteiger partial charge in [0.15, 0.2) is 11.9 Å². The van der Waals surface area contributed by atoms with E-state index in [0.717, 1.165) is 30.5 Å². The van der Waals surface area contributed by atoms with E-state index in [0.29, 0.717) is 0 Å². The molecule has 0 spiro atoms. The highest BCUT2D eigenvalue weighted by Gasteiger charge is 2.18. The summed E-state index contributed by atoms with van der Waals surface area (Å²) in [5.74, 6) is 0. The van der Waals surface area contributed by atoms with Crippen LogP contribution in [0.25, 0.3) is 11.0 Å². The van der Waals surface area contributed by atoms with Crippen molar-refractivity contribution >= 4 is 11.0 Å². The van der Waals surface area contributed by atoms with Gasteiger partial charge < -0.3 is 4.74 Å². The summed E-state index contributed by atoms with van der Waals surface area (Å²) in [4.78, 5) is 8.19. The molecule has 15 heavy (non-hydrogen) atoms. The normalized spacial score (nSPS) is 22.0. The molecule has 1 aliphatic heterocycles. The highest BCUT2D eigenvalue weighted by atomic mass is 16.5. The van der Waals surface area contributed by atoms with Gasteiger partial charge in [-0.3, -0.25) is 0 Å². The van der Waals surface area contributed by atoms with Crippen LogP contribution in [0.1, 0.15) is 25.5 Å². The van der Waals surface area contributed by atoms with E-state index in [1.807, 2.05) is 4.68 Å². The van der Waals surface area contributed by atoms with Crippen LogP contribution in [0.15, 0.2) is 18.7 Å². The van der Waals surface area contributed by atoms with E-state index >= 15 is 0 Å². The summed E-state index contributed by atoms with van der Waals surface area (Å²) < 4.78 is 7.53. The summed E-state index contributed by atoms with van der Waals surface area (Å²) >= 11 is 0. The lowest BCUT2D eigenvalue weighted by molar-refractivity contribution is -0.0370. The number of hydrogen-bond donors (Lipinski definition) is 0. The van der Waals surface area contributed by atoms with E-state index in [2.05, 4.69) is 15.1 Å². The Balaban J connectivity index is 2.02. The molecule has 2 aromatic heterocycles. The smallest absolute Gasteiger partial charge is 0.163 e. The predicted octanol–water partition coefficient (Wildman–Crippen LogP) is 1.53. The Labute approximate surface area is 87.1 Å². The van der Waals surface area contributed by atoms with Crippen molar-refractivity contribution in [1.82, 2.24) is 19.7 Å². The minimum atomic E-state index is 0.0474. The van der Waals surface area contributed by atoms with Gasteiger partial charge in [0.25, 0.3) is 0 Å². The van der Waals surface area contributed by atoms with E-state index < -0.39 is 0 Å². The molecule has 0 bridgehead atoms. The quantitative estimate of drug-likeness (QED) is 0.706. The molecular formula is C10H12N4O. The molecule has 5 heteroatoms. The highest BCUT2D eigenvalue weighted by molar-refractivity contribution is 5.72. The lowest BCUT2D eigenvalue weighted by atomic mass is 10.2. The molecule has 0 radical (unpaired) electrons. The van der Waals surface area contributed by atoms with Crippen molar-refractivity contribution in [3.05, 3.63) is 18.7 Å². The van der Waals surface area contributed by atoms with Crippen molar-refractivity contribution in [2.75, 3.05) is 6.61 Å². The molecule has 1 aliphatic rings. The van der Waals surface area contributed by atoms with E-state index in [9.17, 15) is 0 Å². The van der Waals surface area contributed by atoms with Crippen LogP contribution < -0.4 is 0 Å². The summed E-state index contributed by atoms with van der Waals surface area (Å²) in [5.41, 5.74) is 0.858. The Bertz CT molecular complexity index is 461. The topological polar surface area (TPSA) is 52.8 Å². The Kier molecular flexibility index (Phi) is 2.10. The number of ether oxygens (including phenoxy) is 1. The minimum absolute atomic E-state index is 0.0474. The summed E-state index contributed by atoms with van der Waals surface area (Å²) in [6.07, 6.45) is 8.50. The van der Waals surface area contributed by atoms with Gasteiger partial charge in [-0.05, 0) is 19.3 Å². The van der Waals surface area contributed by atoms with Gasteiger partial charge in [-0.1, -0.05) is 0 Å². The molecule has 0 aliphatic carbocycles. The summed E-state index contributed by atoms with van der Waals surface area (Å²) in [6, 6.07) is 0. The number of nitrogens with zero attached hydrogens (tertiary/aromatic N) is 4. The number of hydrogen-bond acceptors (Lipinski definition) is 4. The number of rotatable bonds is 1. The van der Waals surface area contributed by atoms with Crippen LogP contribution in [0.5, 0.6) is 0 Å². The fourth-order valence-electron chi connectivity index (χ4n) is 1.92. The lowest BCUT2D eigenvalue weighted by Crippen LogP contribution is -2.19. The van der Waals surface area contributed by atoms with E-state index in [1.54, 1.807) is 18.7 Å². The fraction of sp³-hybridized carbons (Fsp3) is 0.500. The first kappa shape index (κ1) is 8.79. The minimum Gasteiger partial charge on any atom is -0.356 e. The Hall–Kier alpha value is -1.49. The van der Waals surface area contributed by atoms with Gasteiger partial charge in [0.2, 0.25) is 0 Å². The van der Waals surface area contributed by atoms with Gasteiger partial charge in [-0.2, -0.15) is 5.10 Å². The van der Waals surface area contributed by atoms with Gasteiger partial charge >= 0.3 is 0 Å². The molecular weight excluding hydrogens is 192 g/mol. The molecule has 78 valence electrons. The summed E-state index contributed by atoms with van der Waals surface area (Å²) in [7, 11) is 0. The molecule has 1 unspecified atom stereocenters. The maximum atomic E-state index is 5.67. The molecule has 3 heterocycles. The van der Waals surface area contributed by atoms with Crippen LogP contribution in [0.2, 0.25) is 0 Å². The Morgan fingerprint density at radius 1 is 1.33 bits per heavy atom. The van der Waals surface area contributed by atoms with Crippen molar-refractivity contribution in [1.29, 1.82) is 0 Å². The van der Waals surface area contributed by atoms with E-state index in [4.69, 9.17) is 4.74 Å². The molecule has 5 nitrogen and oxygen atoms in total. The number of aromatic nitrogens is 4. The van der Waals surface area contributed by atoms with Crippen molar-refractivity contribution in [2.24, 2.45) is 0 Å². The third-order valence-corrected chi connectivity index (χ3v) is 2.69. The van der Waals surface area contributed by atoms with Crippen molar-refractivity contribution in [3.8, 4) is 0 Å². The molecule has 0 N–H and O–H groups in total. The zero-order valence-corrected chi connectivity index (χ0v) is 8.33. The van der Waals surface area contributed by atoms with Crippen LogP contribution in [-0.2, 0) is 4.74 Å². The van der Waals surface area contributed by atoms with Gasteiger partial charge in [0.1, 0.15) is 6.33 Å². The van der Waals surface area contributed by atoms with Crippen molar-refractivity contribution < 1.29 is 4.74 Å². The van der Waals surface area contributed by atoms with E-state index in [1.165, 1.54) is 6.42 Å². The molecule has 3 rings (SSSR count). The molecule has 1 saturated heterocycles. The zero-order valence-electron chi connectivity index (χ0n) is 8.33. The average molecular weight is 204 g/mol. The monoisotopic (exact) mass is 204 g/mol. The zero-order chi connectivity index (χ0) is 10.1. The van der Waals surface area contributed by atoms with Gasteiger partial charge in [0.05, 0.1) is 11.6 Å². The maximum absolute atomic E-state index is 5.67. The second-order valence-corrected chi connectivity index (χ2v) is 3.71. The Morgan fingerprint density at radius 3 is 3.20 bits per heavy atom. The van der Waals surface area contributed by atoms with Crippen LogP contribution >= 0.6 is 0 Å². The molecule has 1 fully saturated rings. The second kappa shape index (κ2) is 3.58. The van der Waals surface area contributed by atoms with E-state index in [-0.39, 0.29) is 6.23 Å².